The molecule has 2 aromatic carbocycles. The van der Waals surface area contributed by atoms with Crippen molar-refractivity contribution >= 4 is 22.5 Å². The lowest BCUT2D eigenvalue weighted by Gasteiger charge is -2.23. The van der Waals surface area contributed by atoms with E-state index in [1.165, 1.54) is 0 Å². The minimum Gasteiger partial charge on any atom is -0.494 e. The molecule has 1 atom stereocenters. The van der Waals surface area contributed by atoms with Crippen molar-refractivity contribution < 1.29 is 14.6 Å². The minimum atomic E-state index is -1.24. The number of pyridine rings is 1. The van der Waals surface area contributed by atoms with Crippen LogP contribution in [0.5, 0.6) is 5.75 Å². The summed E-state index contributed by atoms with van der Waals surface area (Å²) >= 11 is 0. The highest BCUT2D eigenvalue weighted by molar-refractivity contribution is 6.03. The van der Waals surface area contributed by atoms with E-state index >= 15 is 0 Å². The summed E-state index contributed by atoms with van der Waals surface area (Å²) in [6.07, 6.45) is 1.63. The second-order valence-electron chi connectivity index (χ2n) is 6.08. The number of ether oxygens (including phenoxy) is 1. The van der Waals surface area contributed by atoms with E-state index in [4.69, 9.17) is 4.74 Å². The topological polar surface area (TPSA) is 71.5 Å². The molecule has 0 fully saturated rings. The number of hydrogen-bond acceptors (Lipinski definition) is 4. The number of benzene rings is 2. The molecule has 0 saturated heterocycles. The lowest BCUT2D eigenvalue weighted by Crippen LogP contribution is -2.28. The van der Waals surface area contributed by atoms with Crippen molar-refractivity contribution in [2.24, 2.45) is 0 Å². The smallest absolute Gasteiger partial charge is 0.227 e. The van der Waals surface area contributed by atoms with Crippen LogP contribution in [0.3, 0.4) is 0 Å². The van der Waals surface area contributed by atoms with Crippen LogP contribution in [0.4, 0.5) is 5.69 Å². The highest BCUT2D eigenvalue weighted by Crippen LogP contribution is 2.31. The lowest BCUT2D eigenvalue weighted by molar-refractivity contribution is -0.120. The van der Waals surface area contributed by atoms with Gasteiger partial charge in [0.25, 0.3) is 0 Å². The van der Waals surface area contributed by atoms with E-state index in [0.717, 1.165) is 5.39 Å². The summed E-state index contributed by atoms with van der Waals surface area (Å²) in [7, 11) is 1.58. The monoisotopic (exact) mass is 336 g/mol. The first-order valence-electron chi connectivity index (χ1n) is 8.01. The third-order valence-corrected chi connectivity index (χ3v) is 4.13. The van der Waals surface area contributed by atoms with Gasteiger partial charge >= 0.3 is 0 Å². The van der Waals surface area contributed by atoms with Crippen LogP contribution in [0.15, 0.2) is 60.8 Å². The molecule has 0 bridgehead atoms. The molecule has 2 N–H and O–H groups in total. The van der Waals surface area contributed by atoms with Crippen LogP contribution in [0, 0.1) is 0 Å². The number of hydrogen-bond donors (Lipinski definition) is 2. The minimum absolute atomic E-state index is 0.0508. The number of amides is 1. The molecule has 1 unspecified atom stereocenters. The van der Waals surface area contributed by atoms with E-state index < -0.39 is 5.60 Å². The lowest BCUT2D eigenvalue weighted by atomic mass is 9.92. The number of nitrogens with zero attached hydrogens (tertiary/aromatic N) is 1. The number of methoxy groups -OCH3 is 1. The molecule has 1 aromatic heterocycles. The van der Waals surface area contributed by atoms with Gasteiger partial charge in [-0.25, -0.2) is 0 Å². The second kappa shape index (κ2) is 6.91. The van der Waals surface area contributed by atoms with Gasteiger partial charge < -0.3 is 15.2 Å². The van der Waals surface area contributed by atoms with Crippen LogP contribution in [0.2, 0.25) is 0 Å². The Hall–Kier alpha value is -2.92. The number of nitrogens with one attached hydrogen (secondary N) is 1. The first-order valence-corrected chi connectivity index (χ1v) is 8.01. The van der Waals surface area contributed by atoms with Crippen molar-refractivity contribution in [3.8, 4) is 5.75 Å². The van der Waals surface area contributed by atoms with E-state index in [0.29, 0.717) is 22.5 Å². The molecule has 1 heterocycles. The molecule has 0 aliphatic carbocycles. The van der Waals surface area contributed by atoms with Crippen LogP contribution >= 0.6 is 0 Å². The van der Waals surface area contributed by atoms with Gasteiger partial charge in [-0.3, -0.25) is 9.78 Å². The molecule has 0 saturated carbocycles. The zero-order valence-corrected chi connectivity index (χ0v) is 14.2. The number of anilines is 1. The maximum absolute atomic E-state index is 12.5. The maximum atomic E-state index is 12.5. The molecule has 25 heavy (non-hydrogen) atoms. The summed E-state index contributed by atoms with van der Waals surface area (Å²) < 4.78 is 5.31. The molecule has 0 aliphatic heterocycles. The highest BCUT2D eigenvalue weighted by Gasteiger charge is 2.26. The molecule has 1 amide bonds. The van der Waals surface area contributed by atoms with Gasteiger partial charge in [0.1, 0.15) is 11.3 Å². The molecule has 3 rings (SSSR count). The third kappa shape index (κ3) is 3.61. The SMILES string of the molecule is COc1ccc(NC(=O)CC(C)(O)c2ccccc2)c2cccnc12. The van der Waals surface area contributed by atoms with Gasteiger partial charge in [0, 0.05) is 11.6 Å². The van der Waals surface area contributed by atoms with Crippen molar-refractivity contribution in [2.75, 3.05) is 12.4 Å². The molecule has 5 heteroatoms. The van der Waals surface area contributed by atoms with E-state index in [1.54, 1.807) is 50.6 Å². The van der Waals surface area contributed by atoms with Gasteiger partial charge in [-0.15, -0.1) is 0 Å². The largest absolute Gasteiger partial charge is 0.494 e. The van der Waals surface area contributed by atoms with E-state index in [-0.39, 0.29) is 12.3 Å². The Kier molecular flexibility index (Phi) is 4.67. The Morgan fingerprint density at radius 3 is 2.64 bits per heavy atom. The summed E-state index contributed by atoms with van der Waals surface area (Å²) in [5, 5.41) is 14.3. The highest BCUT2D eigenvalue weighted by atomic mass is 16.5. The Morgan fingerprint density at radius 2 is 1.92 bits per heavy atom. The Labute approximate surface area is 146 Å². The van der Waals surface area contributed by atoms with Gasteiger partial charge in [0.05, 0.1) is 24.8 Å². The molecular formula is C20H20N2O3. The van der Waals surface area contributed by atoms with E-state index in [1.807, 2.05) is 24.3 Å². The zero-order valence-electron chi connectivity index (χ0n) is 14.2. The molecule has 0 spiro atoms. The number of aromatic nitrogens is 1. The molecular weight excluding hydrogens is 316 g/mol. The third-order valence-electron chi connectivity index (χ3n) is 4.13. The number of carbonyl (C=O) groups excluding carboxylic acids is 1. The average molecular weight is 336 g/mol. The van der Waals surface area contributed by atoms with Gasteiger partial charge in [-0.2, -0.15) is 0 Å². The molecule has 0 aliphatic rings. The molecule has 3 aromatic rings. The van der Waals surface area contributed by atoms with Crippen molar-refractivity contribution in [3.05, 3.63) is 66.4 Å². The van der Waals surface area contributed by atoms with Crippen molar-refractivity contribution in [2.45, 2.75) is 18.9 Å². The van der Waals surface area contributed by atoms with Crippen LogP contribution in [0.25, 0.3) is 10.9 Å². The molecule has 0 radical (unpaired) electrons. The summed E-state index contributed by atoms with van der Waals surface area (Å²) in [4.78, 5) is 16.8. The van der Waals surface area contributed by atoms with E-state index in [2.05, 4.69) is 10.3 Å². The number of carbonyl (C=O) groups is 1. The summed E-state index contributed by atoms with van der Waals surface area (Å²) in [5.41, 5.74) is 0.771. The summed E-state index contributed by atoms with van der Waals surface area (Å²) in [5.74, 6) is 0.369. The predicted molar refractivity (Wildman–Crippen MR) is 97.6 cm³/mol. The van der Waals surface area contributed by atoms with Crippen LogP contribution in [-0.2, 0) is 10.4 Å². The zero-order chi connectivity index (χ0) is 17.9. The standard InChI is InChI=1S/C20H20N2O3/c1-20(24,14-7-4-3-5-8-14)13-18(23)22-16-10-11-17(25-2)19-15(16)9-6-12-21-19/h3-12,24H,13H2,1-2H3,(H,22,23). The first kappa shape index (κ1) is 16.9. The Bertz CT molecular complexity index is 892. The Balaban J connectivity index is 1.83. The maximum Gasteiger partial charge on any atom is 0.227 e. The number of aliphatic hydroxyl groups is 1. The molecule has 5 nitrogen and oxygen atoms in total. The van der Waals surface area contributed by atoms with Gasteiger partial charge in [-0.05, 0) is 36.8 Å². The van der Waals surface area contributed by atoms with Crippen LogP contribution in [-0.4, -0.2) is 23.1 Å². The van der Waals surface area contributed by atoms with Crippen molar-refractivity contribution in [3.63, 3.8) is 0 Å². The van der Waals surface area contributed by atoms with E-state index in [9.17, 15) is 9.90 Å². The number of fused-ring (bicyclic) bond motifs is 1. The average Bonchev–Trinajstić information content (AvgIpc) is 2.62. The fraction of sp³-hybridized carbons (Fsp3) is 0.200. The fourth-order valence-electron chi connectivity index (χ4n) is 2.83. The number of rotatable bonds is 5. The normalized spacial score (nSPS) is 13.2. The van der Waals surface area contributed by atoms with Crippen molar-refractivity contribution in [1.82, 2.24) is 4.98 Å². The molecule has 128 valence electrons. The van der Waals surface area contributed by atoms with Crippen molar-refractivity contribution in [1.29, 1.82) is 0 Å². The predicted octanol–water partition coefficient (Wildman–Crippen LogP) is 3.48. The fourth-order valence-corrected chi connectivity index (χ4v) is 2.83. The van der Waals surface area contributed by atoms with Gasteiger partial charge in [0.15, 0.2) is 0 Å². The quantitative estimate of drug-likeness (QED) is 0.748. The summed E-state index contributed by atoms with van der Waals surface area (Å²) in [6.45, 7) is 1.63. The van der Waals surface area contributed by atoms with Crippen LogP contribution in [0.1, 0.15) is 18.9 Å². The van der Waals surface area contributed by atoms with Gasteiger partial charge in [-0.1, -0.05) is 30.3 Å². The first-order chi connectivity index (χ1) is 12.0. The van der Waals surface area contributed by atoms with Gasteiger partial charge in [0.2, 0.25) is 5.91 Å². The van der Waals surface area contributed by atoms with Crippen LogP contribution < -0.4 is 10.1 Å². The second-order valence-corrected chi connectivity index (χ2v) is 6.08. The summed E-state index contributed by atoms with van der Waals surface area (Å²) in [6, 6.07) is 16.4. The Morgan fingerprint density at radius 1 is 1.16 bits per heavy atom.